The van der Waals surface area contributed by atoms with Gasteiger partial charge in [0, 0.05) is 33.2 Å². The van der Waals surface area contributed by atoms with Crippen molar-refractivity contribution in [3.8, 4) is 0 Å². The lowest BCUT2D eigenvalue weighted by atomic mass is 10.0. The molecule has 0 fully saturated rings. The minimum Gasteiger partial charge on any atom is -0.444 e. The van der Waals surface area contributed by atoms with Gasteiger partial charge in [-0.25, -0.2) is 4.79 Å². The summed E-state index contributed by atoms with van der Waals surface area (Å²) in [6.07, 6.45) is 1.54. The van der Waals surface area contributed by atoms with Crippen molar-refractivity contribution in [1.29, 1.82) is 0 Å². The van der Waals surface area contributed by atoms with E-state index in [1.807, 2.05) is 27.8 Å². The van der Waals surface area contributed by atoms with Gasteiger partial charge in [0.05, 0.1) is 0 Å². The van der Waals surface area contributed by atoms with Gasteiger partial charge in [-0.2, -0.15) is 0 Å². The lowest BCUT2D eigenvalue weighted by Crippen LogP contribution is -2.45. The van der Waals surface area contributed by atoms with Crippen LogP contribution in [0, 0.1) is 5.92 Å². The molecule has 0 aromatic carbocycles. The molecular formula is C17H36N4O2. The summed E-state index contributed by atoms with van der Waals surface area (Å²) >= 11 is 0. The van der Waals surface area contributed by atoms with Crippen molar-refractivity contribution in [2.75, 3.05) is 27.2 Å². The van der Waals surface area contributed by atoms with Gasteiger partial charge in [0.25, 0.3) is 0 Å². The van der Waals surface area contributed by atoms with Gasteiger partial charge in [-0.1, -0.05) is 20.8 Å². The SMILES string of the molecule is CCCNC(=NC)N(C)CCC(NC(=O)OC(C)(C)C)C(C)C. The summed E-state index contributed by atoms with van der Waals surface area (Å²) in [6, 6.07) is 0.0663. The number of nitrogens with zero attached hydrogens (tertiary/aromatic N) is 2. The maximum atomic E-state index is 12.0. The molecule has 1 amide bonds. The van der Waals surface area contributed by atoms with Crippen LogP contribution in [0.1, 0.15) is 54.4 Å². The number of aliphatic imine (C=N–C) groups is 1. The van der Waals surface area contributed by atoms with Gasteiger partial charge in [0.1, 0.15) is 5.60 Å². The van der Waals surface area contributed by atoms with Gasteiger partial charge in [-0.05, 0) is 39.5 Å². The summed E-state index contributed by atoms with van der Waals surface area (Å²) in [7, 11) is 3.79. The molecule has 0 bridgehead atoms. The van der Waals surface area contributed by atoms with Crippen LogP contribution in [0.2, 0.25) is 0 Å². The number of hydrogen-bond donors (Lipinski definition) is 2. The van der Waals surface area contributed by atoms with Gasteiger partial charge in [0.15, 0.2) is 5.96 Å². The quantitative estimate of drug-likeness (QED) is 0.557. The standard InChI is InChI=1S/C17H36N4O2/c1-9-11-19-15(18-7)21(8)12-10-14(13(2)3)20-16(22)23-17(4,5)6/h13-14H,9-12H2,1-8H3,(H,18,19)(H,20,22). The van der Waals surface area contributed by atoms with Crippen molar-refractivity contribution in [2.45, 2.75) is 66.0 Å². The Kier molecular flexibility index (Phi) is 9.68. The van der Waals surface area contributed by atoms with Crippen molar-refractivity contribution in [3.63, 3.8) is 0 Å². The van der Waals surface area contributed by atoms with Crippen LogP contribution in [-0.2, 0) is 4.74 Å². The number of nitrogens with one attached hydrogen (secondary N) is 2. The van der Waals surface area contributed by atoms with Crippen LogP contribution in [0.15, 0.2) is 4.99 Å². The van der Waals surface area contributed by atoms with E-state index in [4.69, 9.17) is 4.74 Å². The number of carbonyl (C=O) groups is 1. The molecular weight excluding hydrogens is 292 g/mol. The third-order valence-corrected chi connectivity index (χ3v) is 3.39. The number of ether oxygens (including phenoxy) is 1. The molecule has 1 atom stereocenters. The van der Waals surface area contributed by atoms with E-state index < -0.39 is 5.60 Å². The second-order valence-corrected chi connectivity index (χ2v) is 7.18. The van der Waals surface area contributed by atoms with Crippen LogP contribution in [0.25, 0.3) is 0 Å². The first kappa shape index (κ1) is 21.5. The van der Waals surface area contributed by atoms with Gasteiger partial charge in [-0.15, -0.1) is 0 Å². The highest BCUT2D eigenvalue weighted by Gasteiger charge is 2.22. The molecule has 6 heteroatoms. The fourth-order valence-corrected chi connectivity index (χ4v) is 2.09. The molecule has 0 aliphatic rings. The Morgan fingerprint density at radius 2 is 1.91 bits per heavy atom. The lowest BCUT2D eigenvalue weighted by Gasteiger charge is -2.28. The summed E-state index contributed by atoms with van der Waals surface area (Å²) < 4.78 is 5.35. The first-order valence-electron chi connectivity index (χ1n) is 8.52. The monoisotopic (exact) mass is 328 g/mol. The smallest absolute Gasteiger partial charge is 0.407 e. The molecule has 0 aromatic heterocycles. The third-order valence-electron chi connectivity index (χ3n) is 3.39. The topological polar surface area (TPSA) is 66.0 Å². The van der Waals surface area contributed by atoms with Crippen LogP contribution in [0.5, 0.6) is 0 Å². The summed E-state index contributed by atoms with van der Waals surface area (Å²) in [4.78, 5) is 18.3. The molecule has 0 radical (unpaired) electrons. The molecule has 0 rings (SSSR count). The fraction of sp³-hybridized carbons (Fsp3) is 0.882. The molecule has 0 saturated heterocycles. The predicted octanol–water partition coefficient (Wildman–Crippen LogP) is 2.84. The highest BCUT2D eigenvalue weighted by atomic mass is 16.6. The highest BCUT2D eigenvalue weighted by molar-refractivity contribution is 5.79. The van der Waals surface area contributed by atoms with Crippen molar-refractivity contribution in [3.05, 3.63) is 0 Å². The number of carbonyl (C=O) groups excluding carboxylic acids is 1. The minimum absolute atomic E-state index is 0.0663. The summed E-state index contributed by atoms with van der Waals surface area (Å²) in [6.45, 7) is 13.7. The van der Waals surface area contributed by atoms with Crippen molar-refractivity contribution >= 4 is 12.1 Å². The minimum atomic E-state index is -0.478. The normalized spacial score (nSPS) is 13.7. The fourth-order valence-electron chi connectivity index (χ4n) is 2.09. The van der Waals surface area contributed by atoms with Crippen molar-refractivity contribution in [2.24, 2.45) is 10.9 Å². The van der Waals surface area contributed by atoms with Gasteiger partial charge in [-0.3, -0.25) is 4.99 Å². The average molecular weight is 329 g/mol. The number of hydrogen-bond acceptors (Lipinski definition) is 3. The molecule has 6 nitrogen and oxygen atoms in total. The van der Waals surface area contributed by atoms with E-state index in [9.17, 15) is 4.79 Å². The zero-order valence-electron chi connectivity index (χ0n) is 16.2. The Morgan fingerprint density at radius 1 is 1.30 bits per heavy atom. The second kappa shape index (κ2) is 10.3. The van der Waals surface area contributed by atoms with Gasteiger partial charge < -0.3 is 20.3 Å². The highest BCUT2D eigenvalue weighted by Crippen LogP contribution is 2.11. The van der Waals surface area contributed by atoms with E-state index in [0.29, 0.717) is 5.92 Å². The largest absolute Gasteiger partial charge is 0.444 e. The molecule has 0 saturated carbocycles. The van der Waals surface area contributed by atoms with E-state index in [-0.39, 0.29) is 12.1 Å². The Labute approximate surface area is 142 Å². The third kappa shape index (κ3) is 10.0. The molecule has 1 unspecified atom stereocenters. The molecule has 0 spiro atoms. The Morgan fingerprint density at radius 3 is 2.35 bits per heavy atom. The van der Waals surface area contributed by atoms with Crippen LogP contribution < -0.4 is 10.6 Å². The summed E-state index contributed by atoms with van der Waals surface area (Å²) in [5.74, 6) is 1.22. The molecule has 136 valence electrons. The van der Waals surface area contributed by atoms with E-state index in [0.717, 1.165) is 31.9 Å². The van der Waals surface area contributed by atoms with Gasteiger partial charge >= 0.3 is 6.09 Å². The van der Waals surface area contributed by atoms with E-state index in [1.165, 1.54) is 0 Å². The van der Waals surface area contributed by atoms with Crippen LogP contribution in [0.3, 0.4) is 0 Å². The van der Waals surface area contributed by atoms with Crippen LogP contribution in [-0.4, -0.2) is 55.8 Å². The summed E-state index contributed by atoms with van der Waals surface area (Å²) in [5.41, 5.74) is -0.478. The molecule has 2 N–H and O–H groups in total. The average Bonchev–Trinajstić information content (AvgIpc) is 2.41. The molecule has 0 heterocycles. The summed E-state index contributed by atoms with van der Waals surface area (Å²) in [5, 5.41) is 6.29. The van der Waals surface area contributed by atoms with Crippen LogP contribution >= 0.6 is 0 Å². The van der Waals surface area contributed by atoms with E-state index in [1.54, 1.807) is 7.05 Å². The first-order chi connectivity index (χ1) is 10.6. The number of guanidine groups is 1. The Hall–Kier alpha value is -1.46. The number of alkyl carbamates (subject to hydrolysis) is 1. The number of rotatable bonds is 7. The first-order valence-corrected chi connectivity index (χ1v) is 8.52. The van der Waals surface area contributed by atoms with Crippen molar-refractivity contribution < 1.29 is 9.53 Å². The Balaban J connectivity index is 4.51. The zero-order chi connectivity index (χ0) is 18.0. The van der Waals surface area contributed by atoms with Gasteiger partial charge in [0.2, 0.25) is 0 Å². The van der Waals surface area contributed by atoms with Crippen molar-refractivity contribution in [1.82, 2.24) is 15.5 Å². The van der Waals surface area contributed by atoms with E-state index in [2.05, 4.69) is 41.3 Å². The molecule has 23 heavy (non-hydrogen) atoms. The molecule has 0 aliphatic heterocycles. The molecule has 0 aliphatic carbocycles. The maximum absolute atomic E-state index is 12.0. The zero-order valence-corrected chi connectivity index (χ0v) is 16.2. The lowest BCUT2D eigenvalue weighted by molar-refractivity contribution is 0.0486. The predicted molar refractivity (Wildman–Crippen MR) is 96.9 cm³/mol. The second-order valence-electron chi connectivity index (χ2n) is 7.18. The number of amides is 1. The van der Waals surface area contributed by atoms with Crippen LogP contribution in [0.4, 0.5) is 4.79 Å². The van der Waals surface area contributed by atoms with E-state index >= 15 is 0 Å². The molecule has 0 aromatic rings. The Bertz CT molecular complexity index is 375. The maximum Gasteiger partial charge on any atom is 0.407 e.